The summed E-state index contributed by atoms with van der Waals surface area (Å²) < 4.78 is 10.7. The number of carbonyl (C=O) groups is 1. The second-order valence-electron chi connectivity index (χ2n) is 6.06. The fourth-order valence-electron chi connectivity index (χ4n) is 2.68. The number of morpholine rings is 1. The Balaban J connectivity index is 1.96. The third-order valence-corrected chi connectivity index (χ3v) is 5.15. The Labute approximate surface area is 143 Å². The van der Waals surface area contributed by atoms with Gasteiger partial charge < -0.3 is 9.47 Å². The van der Waals surface area contributed by atoms with Gasteiger partial charge in [-0.3, -0.25) is 9.69 Å². The van der Waals surface area contributed by atoms with Gasteiger partial charge in [-0.25, -0.2) is 0 Å². The molecule has 0 unspecified atom stereocenters. The first kappa shape index (κ1) is 18.5. The van der Waals surface area contributed by atoms with Crippen molar-refractivity contribution in [3.8, 4) is 0 Å². The molecule has 1 aliphatic rings. The summed E-state index contributed by atoms with van der Waals surface area (Å²) >= 11 is 1.75. The first-order valence-electron chi connectivity index (χ1n) is 8.24. The molecule has 1 aromatic rings. The molecule has 0 amide bonds. The quantitative estimate of drug-likeness (QED) is 0.414. The van der Waals surface area contributed by atoms with Gasteiger partial charge in [-0.15, -0.1) is 11.8 Å². The number of hydrogen-bond acceptors (Lipinski definition) is 5. The molecule has 0 atom stereocenters. The van der Waals surface area contributed by atoms with Crippen LogP contribution in [0.5, 0.6) is 0 Å². The summed E-state index contributed by atoms with van der Waals surface area (Å²) in [4.78, 5) is 16.3. The van der Waals surface area contributed by atoms with Crippen LogP contribution < -0.4 is 0 Å². The van der Waals surface area contributed by atoms with E-state index >= 15 is 0 Å². The molecule has 0 aromatic heterocycles. The number of hydrogen-bond donors (Lipinski definition) is 0. The zero-order valence-corrected chi connectivity index (χ0v) is 15.2. The van der Waals surface area contributed by atoms with Crippen molar-refractivity contribution in [3.63, 3.8) is 0 Å². The lowest BCUT2D eigenvalue weighted by Gasteiger charge is -2.39. The molecule has 1 saturated heterocycles. The molecule has 4 nitrogen and oxygen atoms in total. The van der Waals surface area contributed by atoms with Crippen molar-refractivity contribution in [1.29, 1.82) is 0 Å². The SMILES string of the molecule is CCOCCSc1ccc(C(=O)C(C)(C)N2CCOCC2)cc1. The topological polar surface area (TPSA) is 38.8 Å². The van der Waals surface area contributed by atoms with Crippen molar-refractivity contribution in [2.24, 2.45) is 0 Å². The van der Waals surface area contributed by atoms with Gasteiger partial charge in [0.2, 0.25) is 0 Å². The molecule has 1 heterocycles. The molecule has 0 bridgehead atoms. The molecule has 0 radical (unpaired) electrons. The minimum Gasteiger partial charge on any atom is -0.381 e. The Hall–Kier alpha value is -0.880. The molecule has 0 spiro atoms. The Bertz CT molecular complexity index is 495. The van der Waals surface area contributed by atoms with Crippen LogP contribution in [-0.2, 0) is 9.47 Å². The van der Waals surface area contributed by atoms with Crippen molar-refractivity contribution in [2.45, 2.75) is 31.2 Å². The van der Waals surface area contributed by atoms with Crippen molar-refractivity contribution in [3.05, 3.63) is 29.8 Å². The van der Waals surface area contributed by atoms with Gasteiger partial charge in [0.15, 0.2) is 5.78 Å². The predicted molar refractivity (Wildman–Crippen MR) is 94.5 cm³/mol. The zero-order chi connectivity index (χ0) is 16.7. The van der Waals surface area contributed by atoms with E-state index in [0.29, 0.717) is 13.2 Å². The number of ketones is 1. The maximum atomic E-state index is 12.9. The minimum atomic E-state index is -0.493. The highest BCUT2D eigenvalue weighted by molar-refractivity contribution is 7.99. The third-order valence-electron chi connectivity index (χ3n) is 4.17. The Morgan fingerprint density at radius 3 is 2.52 bits per heavy atom. The van der Waals surface area contributed by atoms with E-state index in [-0.39, 0.29) is 5.78 Å². The molecular formula is C18H27NO3S. The van der Waals surface area contributed by atoms with Crippen molar-refractivity contribution in [2.75, 3.05) is 45.3 Å². The van der Waals surface area contributed by atoms with E-state index in [1.54, 1.807) is 11.8 Å². The van der Waals surface area contributed by atoms with Crippen molar-refractivity contribution in [1.82, 2.24) is 4.90 Å². The monoisotopic (exact) mass is 337 g/mol. The second-order valence-corrected chi connectivity index (χ2v) is 7.23. The largest absolute Gasteiger partial charge is 0.381 e. The maximum Gasteiger partial charge on any atom is 0.182 e. The van der Waals surface area contributed by atoms with Crippen LogP contribution in [0, 0.1) is 0 Å². The van der Waals surface area contributed by atoms with Gasteiger partial charge in [0.1, 0.15) is 0 Å². The number of thioether (sulfide) groups is 1. The molecule has 0 aliphatic carbocycles. The van der Waals surface area contributed by atoms with E-state index in [4.69, 9.17) is 9.47 Å². The predicted octanol–water partition coefficient (Wildman–Crippen LogP) is 3.11. The minimum absolute atomic E-state index is 0.172. The summed E-state index contributed by atoms with van der Waals surface area (Å²) in [6, 6.07) is 7.93. The summed E-state index contributed by atoms with van der Waals surface area (Å²) in [5.41, 5.74) is 0.281. The lowest BCUT2D eigenvalue weighted by Crippen LogP contribution is -2.54. The number of benzene rings is 1. The van der Waals surface area contributed by atoms with Crippen LogP contribution in [0.2, 0.25) is 0 Å². The standard InChI is InChI=1S/C18H27NO3S/c1-4-21-13-14-23-16-7-5-15(6-8-16)17(20)18(2,3)19-9-11-22-12-10-19/h5-8H,4,9-14H2,1-3H3. The molecule has 0 N–H and O–H groups in total. The van der Waals surface area contributed by atoms with Gasteiger partial charge >= 0.3 is 0 Å². The average molecular weight is 337 g/mol. The number of rotatable bonds is 8. The van der Waals surface area contributed by atoms with Gasteiger partial charge in [0.25, 0.3) is 0 Å². The number of carbonyl (C=O) groups excluding carboxylic acids is 1. The molecule has 2 rings (SSSR count). The zero-order valence-electron chi connectivity index (χ0n) is 14.3. The smallest absolute Gasteiger partial charge is 0.182 e. The van der Waals surface area contributed by atoms with E-state index in [2.05, 4.69) is 4.90 Å². The molecule has 1 aliphatic heterocycles. The summed E-state index contributed by atoms with van der Waals surface area (Å²) in [7, 11) is 0. The van der Waals surface area contributed by atoms with Gasteiger partial charge in [-0.05, 0) is 32.9 Å². The number of Topliss-reactive ketones (excluding diaryl/α,β-unsaturated/α-hetero) is 1. The summed E-state index contributed by atoms with van der Waals surface area (Å²) in [5, 5.41) is 0. The lowest BCUT2D eigenvalue weighted by atomic mass is 9.91. The Morgan fingerprint density at radius 2 is 1.91 bits per heavy atom. The van der Waals surface area contributed by atoms with Crippen LogP contribution in [0.25, 0.3) is 0 Å². The first-order chi connectivity index (χ1) is 11.1. The third kappa shape index (κ3) is 5.05. The molecule has 23 heavy (non-hydrogen) atoms. The molecule has 128 valence electrons. The Kier molecular flexibility index (Phi) is 7.09. The second kappa shape index (κ2) is 8.83. The van der Waals surface area contributed by atoms with E-state index in [9.17, 15) is 4.79 Å². The average Bonchev–Trinajstić information content (AvgIpc) is 2.59. The van der Waals surface area contributed by atoms with Gasteiger partial charge in [-0.1, -0.05) is 12.1 Å². The van der Waals surface area contributed by atoms with Gasteiger partial charge in [0, 0.05) is 35.9 Å². The molecule has 0 saturated carbocycles. The molecule has 5 heteroatoms. The first-order valence-corrected chi connectivity index (χ1v) is 9.22. The van der Waals surface area contributed by atoms with E-state index in [0.717, 1.165) is 37.6 Å². The van der Waals surface area contributed by atoms with Crippen LogP contribution in [0.1, 0.15) is 31.1 Å². The molecule has 1 aromatic carbocycles. The summed E-state index contributed by atoms with van der Waals surface area (Å²) in [6.45, 7) is 10.5. The fourth-order valence-corrected chi connectivity index (χ4v) is 3.45. The number of nitrogens with zero attached hydrogens (tertiary/aromatic N) is 1. The highest BCUT2D eigenvalue weighted by atomic mass is 32.2. The Morgan fingerprint density at radius 1 is 1.26 bits per heavy atom. The highest BCUT2D eigenvalue weighted by Crippen LogP contribution is 2.24. The summed E-state index contributed by atoms with van der Waals surface area (Å²) in [6.07, 6.45) is 0. The maximum absolute atomic E-state index is 12.9. The van der Waals surface area contributed by atoms with Crippen LogP contribution >= 0.6 is 11.8 Å². The van der Waals surface area contributed by atoms with Crippen LogP contribution in [-0.4, -0.2) is 61.5 Å². The number of ether oxygens (including phenoxy) is 2. The molecular weight excluding hydrogens is 310 g/mol. The van der Waals surface area contributed by atoms with Gasteiger partial charge in [0.05, 0.1) is 25.4 Å². The van der Waals surface area contributed by atoms with Crippen LogP contribution in [0.3, 0.4) is 0 Å². The van der Waals surface area contributed by atoms with Crippen molar-refractivity contribution < 1.29 is 14.3 Å². The highest BCUT2D eigenvalue weighted by Gasteiger charge is 2.35. The van der Waals surface area contributed by atoms with Crippen molar-refractivity contribution >= 4 is 17.5 Å². The van der Waals surface area contributed by atoms with Crippen LogP contribution in [0.4, 0.5) is 0 Å². The van der Waals surface area contributed by atoms with Gasteiger partial charge in [-0.2, -0.15) is 0 Å². The molecule has 1 fully saturated rings. The lowest BCUT2D eigenvalue weighted by molar-refractivity contribution is -0.00430. The van der Waals surface area contributed by atoms with E-state index in [1.165, 1.54) is 4.90 Å². The van der Waals surface area contributed by atoms with E-state index < -0.39 is 5.54 Å². The summed E-state index contributed by atoms with van der Waals surface area (Å²) in [5.74, 6) is 1.10. The fraction of sp³-hybridized carbons (Fsp3) is 0.611. The normalized spacial score (nSPS) is 16.5. The van der Waals surface area contributed by atoms with E-state index in [1.807, 2.05) is 45.0 Å². The van der Waals surface area contributed by atoms with Crippen LogP contribution in [0.15, 0.2) is 29.2 Å².